The molecule has 0 radical (unpaired) electrons. The monoisotopic (exact) mass is 293 g/mol. The average molecular weight is 293 g/mol. The van der Waals surface area contributed by atoms with E-state index in [1.54, 1.807) is 6.92 Å². The number of amides is 1. The summed E-state index contributed by atoms with van der Waals surface area (Å²) in [6.45, 7) is 2.12. The Hall–Kier alpha value is -2.51. The zero-order valence-electron chi connectivity index (χ0n) is 11.7. The van der Waals surface area contributed by atoms with Gasteiger partial charge in [-0.2, -0.15) is 0 Å². The molecule has 0 bridgehead atoms. The van der Waals surface area contributed by atoms with Gasteiger partial charge in [0, 0.05) is 25.4 Å². The Morgan fingerprint density at radius 3 is 2.62 bits per heavy atom. The Labute approximate surface area is 121 Å². The molecular weight excluding hydrogens is 278 g/mol. The number of anilines is 1. The number of hydrogen-bond donors (Lipinski definition) is 0. The molecule has 8 heteroatoms. The number of esters is 2. The van der Waals surface area contributed by atoms with Crippen LogP contribution in [0, 0.1) is 5.92 Å². The molecule has 1 aromatic rings. The second-order valence-electron chi connectivity index (χ2n) is 4.42. The minimum Gasteiger partial charge on any atom is -0.469 e. The van der Waals surface area contributed by atoms with Crippen LogP contribution in [-0.2, 0) is 19.1 Å². The summed E-state index contributed by atoms with van der Waals surface area (Å²) in [5, 5.41) is 0. The Morgan fingerprint density at radius 1 is 1.38 bits per heavy atom. The molecule has 1 saturated heterocycles. The minimum absolute atomic E-state index is 0.0651. The number of aromatic nitrogens is 2. The lowest BCUT2D eigenvalue weighted by molar-refractivity contribution is -0.145. The number of carbonyl (C=O) groups excluding carboxylic acids is 3. The number of rotatable bonds is 4. The molecule has 2 heterocycles. The van der Waals surface area contributed by atoms with Crippen molar-refractivity contribution in [3.05, 3.63) is 18.0 Å². The molecule has 2 rings (SSSR count). The highest BCUT2D eigenvalue weighted by Gasteiger charge is 2.37. The third-order valence-corrected chi connectivity index (χ3v) is 3.05. The van der Waals surface area contributed by atoms with Gasteiger partial charge in [0.15, 0.2) is 0 Å². The first-order valence-electron chi connectivity index (χ1n) is 6.44. The molecule has 1 aliphatic heterocycles. The standard InChI is InChI=1S/C13H15N3O5/c1-3-21-12(19)9-5-14-13(15-6-9)16-7-8(4-10(16)17)11(18)20-2/h5-6,8H,3-4,7H2,1-2H3. The summed E-state index contributed by atoms with van der Waals surface area (Å²) < 4.78 is 9.44. The maximum atomic E-state index is 11.9. The van der Waals surface area contributed by atoms with Gasteiger partial charge in [-0.15, -0.1) is 0 Å². The molecule has 0 saturated carbocycles. The lowest BCUT2D eigenvalue weighted by Gasteiger charge is -2.13. The molecule has 1 fully saturated rings. The van der Waals surface area contributed by atoms with Crippen LogP contribution in [0.3, 0.4) is 0 Å². The molecule has 0 N–H and O–H groups in total. The fraction of sp³-hybridized carbons (Fsp3) is 0.462. The lowest BCUT2D eigenvalue weighted by atomic mass is 10.1. The highest BCUT2D eigenvalue weighted by Crippen LogP contribution is 2.22. The van der Waals surface area contributed by atoms with Crippen molar-refractivity contribution >= 4 is 23.8 Å². The average Bonchev–Trinajstić information content (AvgIpc) is 2.89. The highest BCUT2D eigenvalue weighted by atomic mass is 16.5. The number of nitrogens with zero attached hydrogens (tertiary/aromatic N) is 3. The largest absolute Gasteiger partial charge is 0.469 e. The topological polar surface area (TPSA) is 98.7 Å². The highest BCUT2D eigenvalue weighted by molar-refractivity contribution is 5.98. The zero-order valence-corrected chi connectivity index (χ0v) is 11.7. The van der Waals surface area contributed by atoms with Crippen LogP contribution in [0.5, 0.6) is 0 Å². The summed E-state index contributed by atoms with van der Waals surface area (Å²) in [4.78, 5) is 44.1. The third kappa shape index (κ3) is 3.15. The summed E-state index contributed by atoms with van der Waals surface area (Å²) in [6.07, 6.45) is 2.65. The van der Waals surface area contributed by atoms with E-state index in [1.165, 1.54) is 24.4 Å². The molecule has 0 spiro atoms. The van der Waals surface area contributed by atoms with E-state index in [0.717, 1.165) is 0 Å². The summed E-state index contributed by atoms with van der Waals surface area (Å²) in [5.41, 5.74) is 0.205. The lowest BCUT2D eigenvalue weighted by Crippen LogP contribution is -2.28. The predicted molar refractivity (Wildman–Crippen MR) is 70.5 cm³/mol. The van der Waals surface area contributed by atoms with Crippen molar-refractivity contribution in [3.63, 3.8) is 0 Å². The van der Waals surface area contributed by atoms with Crippen LogP contribution in [0.1, 0.15) is 23.7 Å². The third-order valence-electron chi connectivity index (χ3n) is 3.05. The van der Waals surface area contributed by atoms with Crippen molar-refractivity contribution in [2.45, 2.75) is 13.3 Å². The Kier molecular flexibility index (Phi) is 4.46. The van der Waals surface area contributed by atoms with Crippen molar-refractivity contribution in [3.8, 4) is 0 Å². The van der Waals surface area contributed by atoms with Gasteiger partial charge in [0.05, 0.1) is 25.2 Å². The van der Waals surface area contributed by atoms with Gasteiger partial charge < -0.3 is 9.47 Å². The van der Waals surface area contributed by atoms with Crippen LogP contribution in [0.2, 0.25) is 0 Å². The van der Waals surface area contributed by atoms with Crippen LogP contribution in [0.25, 0.3) is 0 Å². The van der Waals surface area contributed by atoms with E-state index in [4.69, 9.17) is 4.74 Å². The van der Waals surface area contributed by atoms with Gasteiger partial charge in [0.1, 0.15) is 0 Å². The molecule has 0 aromatic carbocycles. The van der Waals surface area contributed by atoms with Crippen molar-refractivity contribution in [1.82, 2.24) is 9.97 Å². The fourth-order valence-corrected chi connectivity index (χ4v) is 2.01. The van der Waals surface area contributed by atoms with Crippen molar-refractivity contribution in [1.29, 1.82) is 0 Å². The molecule has 0 aliphatic carbocycles. The maximum absolute atomic E-state index is 11.9. The van der Waals surface area contributed by atoms with Gasteiger partial charge >= 0.3 is 11.9 Å². The summed E-state index contributed by atoms with van der Waals surface area (Å²) in [7, 11) is 1.28. The van der Waals surface area contributed by atoms with Crippen molar-refractivity contribution in [2.24, 2.45) is 5.92 Å². The van der Waals surface area contributed by atoms with E-state index in [0.29, 0.717) is 0 Å². The molecule has 1 amide bonds. The van der Waals surface area contributed by atoms with Gasteiger partial charge in [-0.25, -0.2) is 14.8 Å². The Bertz CT molecular complexity index is 557. The normalized spacial score (nSPS) is 17.7. The first kappa shape index (κ1) is 14.9. The van der Waals surface area contributed by atoms with E-state index in [-0.39, 0.29) is 37.0 Å². The molecule has 1 unspecified atom stereocenters. The molecule has 1 aliphatic rings. The molecular formula is C13H15N3O5. The molecule has 112 valence electrons. The van der Waals surface area contributed by atoms with Gasteiger partial charge in [0.25, 0.3) is 0 Å². The number of methoxy groups -OCH3 is 1. The zero-order chi connectivity index (χ0) is 15.4. The number of carbonyl (C=O) groups is 3. The quantitative estimate of drug-likeness (QED) is 0.730. The van der Waals surface area contributed by atoms with Gasteiger partial charge in [-0.3, -0.25) is 14.5 Å². The Balaban J connectivity index is 2.10. The predicted octanol–water partition coefficient (Wildman–Crippen LogP) is 0.179. The summed E-state index contributed by atoms with van der Waals surface area (Å²) >= 11 is 0. The maximum Gasteiger partial charge on any atom is 0.341 e. The number of ether oxygens (including phenoxy) is 2. The van der Waals surface area contributed by atoms with Crippen molar-refractivity contribution in [2.75, 3.05) is 25.2 Å². The Morgan fingerprint density at radius 2 is 2.05 bits per heavy atom. The summed E-state index contributed by atoms with van der Waals surface area (Å²) in [5.74, 6) is -1.58. The van der Waals surface area contributed by atoms with Gasteiger partial charge in [0.2, 0.25) is 11.9 Å². The molecule has 8 nitrogen and oxygen atoms in total. The summed E-state index contributed by atoms with van der Waals surface area (Å²) in [6, 6.07) is 0. The molecule has 1 aromatic heterocycles. The van der Waals surface area contributed by atoms with E-state index < -0.39 is 17.9 Å². The molecule has 21 heavy (non-hydrogen) atoms. The van der Waals surface area contributed by atoms with Crippen LogP contribution in [-0.4, -0.2) is 48.1 Å². The van der Waals surface area contributed by atoms with Crippen LogP contribution in [0.15, 0.2) is 12.4 Å². The van der Waals surface area contributed by atoms with Crippen LogP contribution >= 0.6 is 0 Å². The minimum atomic E-state index is -0.524. The smallest absolute Gasteiger partial charge is 0.341 e. The first-order chi connectivity index (χ1) is 10.1. The second-order valence-corrected chi connectivity index (χ2v) is 4.42. The van der Waals surface area contributed by atoms with Crippen molar-refractivity contribution < 1.29 is 23.9 Å². The van der Waals surface area contributed by atoms with Crippen LogP contribution < -0.4 is 4.90 Å². The van der Waals surface area contributed by atoms with E-state index in [2.05, 4.69) is 14.7 Å². The SMILES string of the molecule is CCOC(=O)c1cnc(N2CC(C(=O)OC)CC2=O)nc1. The van der Waals surface area contributed by atoms with E-state index in [1.807, 2.05) is 0 Å². The van der Waals surface area contributed by atoms with Gasteiger partial charge in [-0.1, -0.05) is 0 Å². The van der Waals surface area contributed by atoms with Gasteiger partial charge in [-0.05, 0) is 6.92 Å². The first-order valence-corrected chi connectivity index (χ1v) is 6.44. The number of hydrogen-bond acceptors (Lipinski definition) is 7. The molecule has 1 atom stereocenters. The van der Waals surface area contributed by atoms with Crippen LogP contribution in [0.4, 0.5) is 5.95 Å². The second kappa shape index (κ2) is 6.29. The fourth-order valence-electron chi connectivity index (χ4n) is 2.01. The van der Waals surface area contributed by atoms with E-state index in [9.17, 15) is 14.4 Å². The van der Waals surface area contributed by atoms with E-state index >= 15 is 0 Å².